The number of hydrogen-bond acceptors (Lipinski definition) is 4. The second-order valence-corrected chi connectivity index (χ2v) is 6.82. The van der Waals surface area contributed by atoms with Crippen LogP contribution in [0, 0.1) is 0 Å². The third-order valence-electron chi connectivity index (χ3n) is 2.53. The third-order valence-corrected chi connectivity index (χ3v) is 4.05. The van der Waals surface area contributed by atoms with E-state index in [1.807, 2.05) is 6.92 Å². The molecule has 0 saturated heterocycles. The van der Waals surface area contributed by atoms with Crippen molar-refractivity contribution in [3.8, 4) is 0 Å². The van der Waals surface area contributed by atoms with Gasteiger partial charge in [0.25, 0.3) is 5.76 Å². The Balaban J connectivity index is 2.27. The molecular weight excluding hydrogens is 292 g/mol. The number of nitrogens with one attached hydrogen (secondary N) is 1. The van der Waals surface area contributed by atoms with Gasteiger partial charge in [0.15, 0.2) is 0 Å². The van der Waals surface area contributed by atoms with Gasteiger partial charge in [-0.15, -0.1) is 0 Å². The van der Waals surface area contributed by atoms with Crippen molar-refractivity contribution in [3.63, 3.8) is 0 Å². The fourth-order valence-corrected chi connectivity index (χ4v) is 2.59. The summed E-state index contributed by atoms with van der Waals surface area (Å²) in [6.45, 7) is 2.57. The van der Waals surface area contributed by atoms with E-state index in [2.05, 4.69) is 5.32 Å². The molecule has 1 aromatic rings. The summed E-state index contributed by atoms with van der Waals surface area (Å²) in [5.74, 6) is -0.231. The molecule has 0 spiro atoms. The van der Waals surface area contributed by atoms with E-state index in [4.69, 9.17) is 4.42 Å². The maximum absolute atomic E-state index is 12.0. The van der Waals surface area contributed by atoms with Crippen molar-refractivity contribution in [1.82, 2.24) is 5.32 Å². The van der Waals surface area contributed by atoms with Crippen molar-refractivity contribution in [2.45, 2.75) is 37.4 Å². The molecule has 0 saturated carbocycles. The Morgan fingerprint density at radius 2 is 2.11 bits per heavy atom. The quantitative estimate of drug-likeness (QED) is 0.761. The van der Waals surface area contributed by atoms with Crippen LogP contribution in [-0.4, -0.2) is 28.0 Å². The molecule has 1 aromatic heterocycles. The van der Waals surface area contributed by atoms with Crippen molar-refractivity contribution in [1.29, 1.82) is 0 Å². The second-order valence-electron chi connectivity index (χ2n) is 4.29. The summed E-state index contributed by atoms with van der Waals surface area (Å²) < 4.78 is 40.4. The average Bonchev–Trinajstić information content (AvgIpc) is 2.79. The third kappa shape index (κ3) is 7.69. The Morgan fingerprint density at radius 1 is 1.42 bits per heavy atom. The van der Waals surface area contributed by atoms with Gasteiger partial charge in [0, 0.05) is 28.9 Å². The zero-order valence-corrected chi connectivity index (χ0v) is 12.7. The highest BCUT2D eigenvalue weighted by Crippen LogP contribution is 2.21. The molecule has 0 radical (unpaired) electrons. The minimum Gasteiger partial charge on any atom is -0.464 e. The standard InChI is InChI=1S/C12H19F2NO2S2/c1-9(5-6-19(2)16)15-7-10-3-4-11(17-10)8-18-12(13)14/h3-4,9,12,15H,5-8H2,1-2H3. The Morgan fingerprint density at radius 3 is 2.74 bits per heavy atom. The van der Waals surface area contributed by atoms with Crippen LogP contribution < -0.4 is 5.32 Å². The molecule has 0 aliphatic rings. The number of rotatable bonds is 9. The summed E-state index contributed by atoms with van der Waals surface area (Å²) in [7, 11) is -0.775. The molecule has 19 heavy (non-hydrogen) atoms. The molecule has 0 bridgehead atoms. The zero-order chi connectivity index (χ0) is 14.3. The van der Waals surface area contributed by atoms with E-state index in [-0.39, 0.29) is 11.8 Å². The predicted octanol–water partition coefficient (Wildman–Crippen LogP) is 2.98. The van der Waals surface area contributed by atoms with E-state index in [1.165, 1.54) is 0 Å². The lowest BCUT2D eigenvalue weighted by atomic mass is 10.2. The number of furan rings is 1. The summed E-state index contributed by atoms with van der Waals surface area (Å²) in [5, 5.41) is 3.25. The highest BCUT2D eigenvalue weighted by molar-refractivity contribution is 7.98. The van der Waals surface area contributed by atoms with Crippen molar-refractivity contribution in [2.75, 3.05) is 12.0 Å². The monoisotopic (exact) mass is 311 g/mol. The summed E-state index contributed by atoms with van der Waals surface area (Å²) in [6.07, 6.45) is 2.52. The maximum atomic E-state index is 12.0. The van der Waals surface area contributed by atoms with Gasteiger partial charge in [-0.2, -0.15) is 8.78 Å². The Kier molecular flexibility index (Phi) is 7.63. The lowest BCUT2D eigenvalue weighted by Gasteiger charge is -2.11. The minimum atomic E-state index is -2.37. The topological polar surface area (TPSA) is 42.2 Å². The van der Waals surface area contributed by atoms with Crippen molar-refractivity contribution in [2.24, 2.45) is 0 Å². The predicted molar refractivity (Wildman–Crippen MR) is 75.9 cm³/mol. The zero-order valence-electron chi connectivity index (χ0n) is 11.0. The molecule has 3 nitrogen and oxygen atoms in total. The Labute approximate surface area is 119 Å². The van der Waals surface area contributed by atoms with Gasteiger partial charge in [-0.25, -0.2) is 0 Å². The molecule has 110 valence electrons. The lowest BCUT2D eigenvalue weighted by molar-refractivity contribution is 0.251. The maximum Gasteiger partial charge on any atom is 0.284 e. The molecule has 2 unspecified atom stereocenters. The van der Waals surface area contributed by atoms with E-state index in [9.17, 15) is 13.0 Å². The first-order chi connectivity index (χ1) is 8.97. The number of hydrogen-bond donors (Lipinski definition) is 1. The summed E-state index contributed by atoms with van der Waals surface area (Å²) >= 11 is 0.552. The van der Waals surface area contributed by atoms with Crippen LogP contribution >= 0.6 is 11.8 Å². The fourth-order valence-electron chi connectivity index (χ4n) is 1.46. The van der Waals surface area contributed by atoms with Crippen LogP contribution in [0.15, 0.2) is 16.5 Å². The van der Waals surface area contributed by atoms with Crippen LogP contribution in [-0.2, 0) is 23.1 Å². The van der Waals surface area contributed by atoms with E-state index in [0.717, 1.165) is 12.2 Å². The van der Waals surface area contributed by atoms with Crippen LogP contribution in [0.25, 0.3) is 0 Å². The number of halogens is 2. The first-order valence-corrected chi connectivity index (χ1v) is 8.75. The van der Waals surface area contributed by atoms with Gasteiger partial charge in [-0.3, -0.25) is 4.21 Å². The molecule has 1 N–H and O–H groups in total. The molecule has 0 amide bonds. The molecule has 1 rings (SSSR count). The van der Waals surface area contributed by atoms with Crippen molar-refractivity contribution >= 4 is 22.6 Å². The van der Waals surface area contributed by atoms with Crippen molar-refractivity contribution in [3.05, 3.63) is 23.7 Å². The van der Waals surface area contributed by atoms with E-state index < -0.39 is 16.6 Å². The second kappa shape index (κ2) is 8.71. The van der Waals surface area contributed by atoms with E-state index >= 15 is 0 Å². The number of thioether (sulfide) groups is 1. The molecular formula is C12H19F2NO2S2. The fraction of sp³-hybridized carbons (Fsp3) is 0.667. The Bertz CT molecular complexity index is 399. The molecule has 0 aromatic carbocycles. The largest absolute Gasteiger partial charge is 0.464 e. The summed E-state index contributed by atoms with van der Waals surface area (Å²) in [6, 6.07) is 3.75. The normalized spacial score (nSPS) is 14.8. The van der Waals surface area contributed by atoms with Crippen LogP contribution in [0.3, 0.4) is 0 Å². The highest BCUT2D eigenvalue weighted by Gasteiger charge is 2.08. The lowest BCUT2D eigenvalue weighted by Crippen LogP contribution is -2.26. The molecule has 0 fully saturated rings. The molecule has 0 aliphatic heterocycles. The average molecular weight is 311 g/mol. The molecule has 1 heterocycles. The van der Waals surface area contributed by atoms with Gasteiger partial charge < -0.3 is 9.73 Å². The van der Waals surface area contributed by atoms with Crippen LogP contribution in [0.2, 0.25) is 0 Å². The Hall–Kier alpha value is -0.400. The van der Waals surface area contributed by atoms with Crippen molar-refractivity contribution < 1.29 is 17.4 Å². The number of alkyl halides is 2. The summed E-state index contributed by atoms with van der Waals surface area (Å²) in [4.78, 5) is 0. The van der Waals surface area contributed by atoms with Gasteiger partial charge in [-0.1, -0.05) is 11.8 Å². The van der Waals surface area contributed by atoms with Crippen LogP contribution in [0.4, 0.5) is 8.78 Å². The first kappa shape index (κ1) is 16.7. The molecule has 7 heteroatoms. The van der Waals surface area contributed by atoms with E-state index in [0.29, 0.717) is 29.8 Å². The first-order valence-electron chi connectivity index (χ1n) is 5.98. The van der Waals surface area contributed by atoms with Gasteiger partial charge in [0.2, 0.25) is 0 Å². The SMILES string of the molecule is CC(CCS(C)=O)NCc1ccc(CSC(F)F)o1. The van der Waals surface area contributed by atoms with Crippen LogP contribution in [0.5, 0.6) is 0 Å². The van der Waals surface area contributed by atoms with Gasteiger partial charge in [0.1, 0.15) is 11.5 Å². The van der Waals surface area contributed by atoms with Gasteiger partial charge >= 0.3 is 0 Å². The highest BCUT2D eigenvalue weighted by atomic mass is 32.2. The molecule has 2 atom stereocenters. The summed E-state index contributed by atoms with van der Waals surface area (Å²) in [5.41, 5.74) is 0. The minimum absolute atomic E-state index is 0.183. The smallest absolute Gasteiger partial charge is 0.284 e. The van der Waals surface area contributed by atoms with Gasteiger partial charge in [-0.05, 0) is 25.5 Å². The van der Waals surface area contributed by atoms with Gasteiger partial charge in [0.05, 0.1) is 12.3 Å². The van der Waals surface area contributed by atoms with Crippen LogP contribution in [0.1, 0.15) is 24.9 Å². The molecule has 0 aliphatic carbocycles. The van der Waals surface area contributed by atoms with E-state index in [1.54, 1.807) is 18.4 Å².